The first-order chi connectivity index (χ1) is 8.72. The fourth-order valence-corrected chi connectivity index (χ4v) is 2.86. The minimum atomic E-state index is 0.743. The van der Waals surface area contributed by atoms with Crippen molar-refractivity contribution >= 4 is 11.3 Å². The molecule has 1 N–H and O–H groups in total. The number of thiazole rings is 1. The maximum atomic E-state index is 4.64. The van der Waals surface area contributed by atoms with Gasteiger partial charge in [0.25, 0.3) is 0 Å². The SMILES string of the molecule is Cc1ccnc(-c2nc(C)c(CNC3CC3)s2)c1. The van der Waals surface area contributed by atoms with Gasteiger partial charge in [-0.3, -0.25) is 4.98 Å². The average Bonchev–Trinajstić information content (AvgIpc) is 3.10. The van der Waals surface area contributed by atoms with Crippen LogP contribution in [0.15, 0.2) is 18.3 Å². The van der Waals surface area contributed by atoms with E-state index in [9.17, 15) is 0 Å². The second-order valence-corrected chi connectivity index (χ2v) is 5.98. The third kappa shape index (κ3) is 2.60. The Morgan fingerprint density at radius 1 is 1.39 bits per heavy atom. The summed E-state index contributed by atoms with van der Waals surface area (Å²) in [4.78, 5) is 10.4. The van der Waals surface area contributed by atoms with Gasteiger partial charge >= 0.3 is 0 Å². The first-order valence-corrected chi connectivity index (χ1v) is 7.17. The quantitative estimate of drug-likeness (QED) is 0.917. The zero-order chi connectivity index (χ0) is 12.5. The molecule has 1 aliphatic rings. The Bertz CT molecular complexity index is 558. The second kappa shape index (κ2) is 4.78. The van der Waals surface area contributed by atoms with Crippen molar-refractivity contribution in [3.05, 3.63) is 34.5 Å². The molecule has 0 amide bonds. The molecule has 0 atom stereocenters. The van der Waals surface area contributed by atoms with Gasteiger partial charge in [0.2, 0.25) is 0 Å². The van der Waals surface area contributed by atoms with Crippen molar-refractivity contribution in [2.24, 2.45) is 0 Å². The lowest BCUT2D eigenvalue weighted by atomic mass is 10.2. The summed E-state index contributed by atoms with van der Waals surface area (Å²) in [5, 5.41) is 4.57. The molecule has 2 heterocycles. The molecule has 2 aromatic rings. The number of pyridine rings is 1. The number of aryl methyl sites for hydroxylation is 2. The highest BCUT2D eigenvalue weighted by Gasteiger charge is 2.21. The summed E-state index contributed by atoms with van der Waals surface area (Å²) < 4.78 is 0. The standard InChI is InChI=1S/C14H17N3S/c1-9-5-6-15-12(7-9)14-17-10(2)13(18-14)8-16-11-3-4-11/h5-7,11,16H,3-4,8H2,1-2H3. The molecule has 1 saturated carbocycles. The van der Waals surface area contributed by atoms with Crippen LogP contribution in [0.3, 0.4) is 0 Å². The maximum Gasteiger partial charge on any atom is 0.142 e. The first-order valence-electron chi connectivity index (χ1n) is 6.35. The molecule has 0 bridgehead atoms. The normalized spacial score (nSPS) is 15.0. The van der Waals surface area contributed by atoms with Crippen molar-refractivity contribution < 1.29 is 0 Å². The zero-order valence-electron chi connectivity index (χ0n) is 10.7. The minimum absolute atomic E-state index is 0.743. The summed E-state index contributed by atoms with van der Waals surface area (Å²) in [6, 6.07) is 4.85. The predicted molar refractivity (Wildman–Crippen MR) is 74.7 cm³/mol. The lowest BCUT2D eigenvalue weighted by Gasteiger charge is -1.99. The average molecular weight is 259 g/mol. The van der Waals surface area contributed by atoms with Gasteiger partial charge in [0.1, 0.15) is 5.01 Å². The van der Waals surface area contributed by atoms with Gasteiger partial charge in [-0.25, -0.2) is 4.98 Å². The van der Waals surface area contributed by atoms with Gasteiger partial charge in [0.05, 0.1) is 11.4 Å². The molecule has 1 fully saturated rings. The van der Waals surface area contributed by atoms with Crippen LogP contribution in [0.5, 0.6) is 0 Å². The molecule has 0 aliphatic heterocycles. The highest BCUT2D eigenvalue weighted by Crippen LogP contribution is 2.28. The summed E-state index contributed by atoms with van der Waals surface area (Å²) >= 11 is 1.75. The summed E-state index contributed by atoms with van der Waals surface area (Å²) in [6.45, 7) is 5.11. The Morgan fingerprint density at radius 3 is 2.94 bits per heavy atom. The molecule has 4 heteroatoms. The monoisotopic (exact) mass is 259 g/mol. The van der Waals surface area contributed by atoms with Gasteiger partial charge < -0.3 is 5.32 Å². The first kappa shape index (κ1) is 11.8. The Kier molecular flexibility index (Phi) is 3.14. The van der Waals surface area contributed by atoms with Crippen LogP contribution in [0.1, 0.15) is 29.0 Å². The number of rotatable bonds is 4. The summed E-state index contributed by atoms with van der Waals surface area (Å²) in [5.41, 5.74) is 3.35. The molecule has 1 aliphatic carbocycles. The van der Waals surface area contributed by atoms with Crippen LogP contribution in [0.25, 0.3) is 10.7 Å². The Hall–Kier alpha value is -1.26. The topological polar surface area (TPSA) is 37.8 Å². The van der Waals surface area contributed by atoms with Crippen molar-refractivity contribution in [3.63, 3.8) is 0 Å². The molecular weight excluding hydrogens is 242 g/mol. The van der Waals surface area contributed by atoms with Crippen LogP contribution in [-0.2, 0) is 6.54 Å². The molecule has 0 saturated heterocycles. The van der Waals surface area contributed by atoms with Gasteiger partial charge in [-0.05, 0) is 44.4 Å². The van der Waals surface area contributed by atoms with Crippen LogP contribution in [0.4, 0.5) is 0 Å². The van der Waals surface area contributed by atoms with Gasteiger partial charge in [0, 0.05) is 23.7 Å². The maximum absolute atomic E-state index is 4.64. The van der Waals surface area contributed by atoms with Crippen LogP contribution >= 0.6 is 11.3 Å². The van der Waals surface area contributed by atoms with E-state index in [1.807, 2.05) is 12.3 Å². The molecule has 0 unspecified atom stereocenters. The van der Waals surface area contributed by atoms with E-state index in [2.05, 4.69) is 35.2 Å². The molecule has 0 spiro atoms. The van der Waals surface area contributed by atoms with Crippen molar-refractivity contribution in [3.8, 4) is 10.7 Å². The lowest BCUT2D eigenvalue weighted by Crippen LogP contribution is -2.14. The molecule has 3 rings (SSSR count). The molecule has 18 heavy (non-hydrogen) atoms. The summed E-state index contributed by atoms with van der Waals surface area (Å²) in [6.07, 6.45) is 4.50. The van der Waals surface area contributed by atoms with E-state index in [4.69, 9.17) is 0 Å². The van der Waals surface area contributed by atoms with Crippen LogP contribution in [-0.4, -0.2) is 16.0 Å². The Labute approximate surface area is 111 Å². The smallest absolute Gasteiger partial charge is 0.142 e. The van der Waals surface area contributed by atoms with E-state index in [0.717, 1.165) is 29.0 Å². The number of nitrogens with zero attached hydrogens (tertiary/aromatic N) is 2. The predicted octanol–water partition coefficient (Wildman–Crippen LogP) is 3.07. The van der Waals surface area contributed by atoms with Crippen LogP contribution in [0, 0.1) is 13.8 Å². The Morgan fingerprint density at radius 2 is 2.22 bits per heavy atom. The van der Waals surface area contributed by atoms with E-state index < -0.39 is 0 Å². The molecule has 0 radical (unpaired) electrons. The summed E-state index contributed by atoms with van der Waals surface area (Å²) in [5.74, 6) is 0. The molecule has 94 valence electrons. The van der Waals surface area contributed by atoms with E-state index in [1.54, 1.807) is 11.3 Å². The van der Waals surface area contributed by atoms with Crippen molar-refractivity contribution in [2.75, 3.05) is 0 Å². The van der Waals surface area contributed by atoms with Gasteiger partial charge in [-0.15, -0.1) is 11.3 Å². The number of hydrogen-bond acceptors (Lipinski definition) is 4. The Balaban J connectivity index is 1.82. The zero-order valence-corrected chi connectivity index (χ0v) is 11.5. The summed E-state index contributed by atoms with van der Waals surface area (Å²) in [7, 11) is 0. The van der Waals surface area contributed by atoms with Crippen molar-refractivity contribution in [2.45, 2.75) is 39.3 Å². The molecular formula is C14H17N3S. The highest BCUT2D eigenvalue weighted by molar-refractivity contribution is 7.15. The third-order valence-corrected chi connectivity index (χ3v) is 4.34. The van der Waals surface area contributed by atoms with E-state index in [-0.39, 0.29) is 0 Å². The highest BCUT2D eigenvalue weighted by atomic mass is 32.1. The third-order valence-electron chi connectivity index (χ3n) is 3.16. The van der Waals surface area contributed by atoms with Gasteiger partial charge in [0.15, 0.2) is 0 Å². The minimum Gasteiger partial charge on any atom is -0.309 e. The van der Waals surface area contributed by atoms with Crippen LogP contribution in [0.2, 0.25) is 0 Å². The van der Waals surface area contributed by atoms with Crippen molar-refractivity contribution in [1.82, 2.24) is 15.3 Å². The largest absolute Gasteiger partial charge is 0.309 e. The van der Waals surface area contributed by atoms with E-state index in [0.29, 0.717) is 0 Å². The fraction of sp³-hybridized carbons (Fsp3) is 0.429. The number of aromatic nitrogens is 2. The van der Waals surface area contributed by atoms with Crippen molar-refractivity contribution in [1.29, 1.82) is 0 Å². The fourth-order valence-electron chi connectivity index (χ4n) is 1.88. The second-order valence-electron chi connectivity index (χ2n) is 4.90. The van der Waals surface area contributed by atoms with E-state index in [1.165, 1.54) is 23.3 Å². The van der Waals surface area contributed by atoms with E-state index >= 15 is 0 Å². The van der Waals surface area contributed by atoms with Crippen LogP contribution < -0.4 is 5.32 Å². The lowest BCUT2D eigenvalue weighted by molar-refractivity contribution is 0.691. The number of hydrogen-bond donors (Lipinski definition) is 1. The molecule has 3 nitrogen and oxygen atoms in total. The number of nitrogens with one attached hydrogen (secondary N) is 1. The molecule has 0 aromatic carbocycles. The molecule has 2 aromatic heterocycles. The van der Waals surface area contributed by atoms with Gasteiger partial charge in [-0.2, -0.15) is 0 Å². The van der Waals surface area contributed by atoms with Gasteiger partial charge in [-0.1, -0.05) is 0 Å².